The number of halogens is 2. The Morgan fingerprint density at radius 3 is 2.62 bits per heavy atom. The van der Waals surface area contributed by atoms with Crippen molar-refractivity contribution in [2.24, 2.45) is 0 Å². The minimum Gasteiger partial charge on any atom is -0.311 e. The van der Waals surface area contributed by atoms with E-state index < -0.39 is 0 Å². The average molecular weight is 367 g/mol. The fraction of sp³-hybridized carbons (Fsp3) is 0.500. The van der Waals surface area contributed by atoms with Gasteiger partial charge in [-0.3, -0.25) is 0 Å². The summed E-state index contributed by atoms with van der Waals surface area (Å²) in [6.45, 7) is 7.52. The largest absolute Gasteiger partial charge is 0.311 e. The summed E-state index contributed by atoms with van der Waals surface area (Å²) in [5.74, 6) is 0. The molecular weight excluding hydrogens is 350 g/mol. The average Bonchev–Trinajstić information content (AvgIpc) is 2.52. The lowest BCUT2D eigenvalue weighted by Crippen LogP contribution is -2.24. The van der Waals surface area contributed by atoms with Crippen LogP contribution >= 0.6 is 43.2 Å². The zero-order valence-corrected chi connectivity index (χ0v) is 13.8. The zero-order chi connectivity index (χ0) is 12.1. The van der Waals surface area contributed by atoms with Gasteiger partial charge < -0.3 is 5.32 Å². The maximum Gasteiger partial charge on any atom is 0.0846 e. The van der Waals surface area contributed by atoms with Crippen LogP contribution in [-0.4, -0.2) is 12.6 Å². The highest BCUT2D eigenvalue weighted by atomic mass is 79.9. The van der Waals surface area contributed by atoms with E-state index in [4.69, 9.17) is 0 Å². The van der Waals surface area contributed by atoms with Crippen molar-refractivity contribution in [3.63, 3.8) is 0 Å². The standard InChI is InChI=1S/C12H17Br2NS/c1-4-9(7-15-8(2)3)5-10-6-11(13)12(14)16-10/h5-6,8,15H,4,7H2,1-3H3. The van der Waals surface area contributed by atoms with E-state index in [0.717, 1.165) is 21.2 Å². The lowest BCUT2D eigenvalue weighted by molar-refractivity contribution is 0.617. The third-order valence-electron chi connectivity index (χ3n) is 2.20. The molecule has 0 aliphatic heterocycles. The molecule has 0 saturated carbocycles. The maximum absolute atomic E-state index is 3.52. The minimum absolute atomic E-state index is 0.539. The molecule has 0 aliphatic rings. The molecule has 0 aliphatic carbocycles. The van der Waals surface area contributed by atoms with Gasteiger partial charge in [-0.15, -0.1) is 11.3 Å². The molecule has 0 radical (unpaired) electrons. The fourth-order valence-corrected chi connectivity index (χ4v) is 3.33. The van der Waals surface area contributed by atoms with Crippen molar-refractivity contribution in [3.05, 3.63) is 24.8 Å². The van der Waals surface area contributed by atoms with Crippen molar-refractivity contribution in [1.82, 2.24) is 5.32 Å². The van der Waals surface area contributed by atoms with Gasteiger partial charge in [-0.05, 0) is 50.4 Å². The molecule has 1 nitrogen and oxygen atoms in total. The van der Waals surface area contributed by atoms with Gasteiger partial charge >= 0.3 is 0 Å². The van der Waals surface area contributed by atoms with E-state index in [1.165, 1.54) is 10.5 Å². The molecule has 1 aromatic heterocycles. The van der Waals surface area contributed by atoms with Crippen molar-refractivity contribution in [3.8, 4) is 0 Å². The molecule has 1 N–H and O–H groups in total. The first-order valence-corrected chi connectivity index (χ1v) is 7.80. The summed E-state index contributed by atoms with van der Waals surface area (Å²) in [7, 11) is 0. The highest BCUT2D eigenvalue weighted by Crippen LogP contribution is 2.33. The summed E-state index contributed by atoms with van der Waals surface area (Å²) in [6.07, 6.45) is 3.36. The van der Waals surface area contributed by atoms with Gasteiger partial charge in [0.1, 0.15) is 0 Å². The molecule has 90 valence electrons. The van der Waals surface area contributed by atoms with Crippen LogP contribution in [0.2, 0.25) is 0 Å². The first-order valence-electron chi connectivity index (χ1n) is 5.40. The SMILES string of the molecule is CCC(=Cc1cc(Br)c(Br)s1)CNC(C)C. The van der Waals surface area contributed by atoms with E-state index in [0.29, 0.717) is 6.04 Å². The van der Waals surface area contributed by atoms with Gasteiger partial charge in [-0.1, -0.05) is 26.3 Å². The van der Waals surface area contributed by atoms with E-state index >= 15 is 0 Å². The van der Waals surface area contributed by atoms with E-state index in [1.54, 1.807) is 11.3 Å². The van der Waals surface area contributed by atoms with Crippen LogP contribution < -0.4 is 5.32 Å². The Morgan fingerprint density at radius 1 is 1.50 bits per heavy atom. The molecule has 0 saturated heterocycles. The van der Waals surface area contributed by atoms with E-state index in [-0.39, 0.29) is 0 Å². The van der Waals surface area contributed by atoms with E-state index in [9.17, 15) is 0 Å². The molecule has 0 unspecified atom stereocenters. The maximum atomic E-state index is 3.52. The Morgan fingerprint density at radius 2 is 2.19 bits per heavy atom. The van der Waals surface area contributed by atoms with Gasteiger partial charge in [-0.25, -0.2) is 0 Å². The topological polar surface area (TPSA) is 12.0 Å². The number of nitrogens with one attached hydrogen (secondary N) is 1. The molecule has 0 amide bonds. The third kappa shape index (κ3) is 4.70. The second-order valence-electron chi connectivity index (χ2n) is 3.96. The van der Waals surface area contributed by atoms with Gasteiger partial charge in [0, 0.05) is 21.9 Å². The van der Waals surface area contributed by atoms with Crippen LogP contribution in [-0.2, 0) is 0 Å². The van der Waals surface area contributed by atoms with E-state index in [2.05, 4.69) is 70.1 Å². The van der Waals surface area contributed by atoms with Crippen molar-refractivity contribution < 1.29 is 0 Å². The predicted octanol–water partition coefficient (Wildman–Crippen LogP) is 5.06. The monoisotopic (exact) mass is 365 g/mol. The molecule has 4 heteroatoms. The van der Waals surface area contributed by atoms with Gasteiger partial charge in [0.05, 0.1) is 3.79 Å². The summed E-state index contributed by atoms with van der Waals surface area (Å²) in [4.78, 5) is 1.29. The first-order chi connectivity index (χ1) is 7.52. The molecule has 16 heavy (non-hydrogen) atoms. The Bertz CT molecular complexity index is 350. The second-order valence-corrected chi connectivity index (χ2v) is 7.22. The summed E-state index contributed by atoms with van der Waals surface area (Å²) in [5.41, 5.74) is 1.44. The molecule has 0 aromatic carbocycles. The lowest BCUT2D eigenvalue weighted by Gasteiger charge is -2.09. The molecule has 1 rings (SSSR count). The van der Waals surface area contributed by atoms with Crippen molar-refractivity contribution in [2.75, 3.05) is 6.54 Å². The van der Waals surface area contributed by atoms with Gasteiger partial charge in [0.25, 0.3) is 0 Å². The molecule has 1 heterocycles. The number of thiophene rings is 1. The van der Waals surface area contributed by atoms with E-state index in [1.807, 2.05) is 0 Å². The molecule has 1 aromatic rings. The highest BCUT2D eigenvalue weighted by Gasteiger charge is 2.03. The Balaban J connectivity index is 2.71. The van der Waals surface area contributed by atoms with Crippen molar-refractivity contribution in [1.29, 1.82) is 0 Å². The van der Waals surface area contributed by atoms with Gasteiger partial charge in [0.2, 0.25) is 0 Å². The quantitative estimate of drug-likeness (QED) is 0.767. The van der Waals surface area contributed by atoms with Gasteiger partial charge in [-0.2, -0.15) is 0 Å². The molecule has 0 bridgehead atoms. The number of hydrogen-bond donors (Lipinski definition) is 1. The van der Waals surface area contributed by atoms with Crippen LogP contribution in [0.4, 0.5) is 0 Å². The van der Waals surface area contributed by atoms with Crippen molar-refractivity contribution >= 4 is 49.3 Å². The Labute approximate surface area is 119 Å². The molecule has 0 atom stereocenters. The number of rotatable bonds is 5. The lowest BCUT2D eigenvalue weighted by atomic mass is 10.1. The van der Waals surface area contributed by atoms with Crippen LogP contribution in [0.5, 0.6) is 0 Å². The summed E-state index contributed by atoms with van der Waals surface area (Å²) >= 11 is 8.78. The fourth-order valence-electron chi connectivity index (χ4n) is 1.25. The van der Waals surface area contributed by atoms with Crippen LogP contribution in [0.15, 0.2) is 19.9 Å². The van der Waals surface area contributed by atoms with Gasteiger partial charge in [0.15, 0.2) is 0 Å². The van der Waals surface area contributed by atoms with Crippen LogP contribution in [0.25, 0.3) is 6.08 Å². The highest BCUT2D eigenvalue weighted by molar-refractivity contribution is 9.13. The third-order valence-corrected chi connectivity index (χ3v) is 5.41. The van der Waals surface area contributed by atoms with Crippen LogP contribution in [0.1, 0.15) is 32.1 Å². The second kappa shape index (κ2) is 6.94. The number of hydrogen-bond acceptors (Lipinski definition) is 2. The summed E-state index contributed by atoms with van der Waals surface area (Å²) in [5, 5.41) is 3.45. The summed E-state index contributed by atoms with van der Waals surface area (Å²) in [6, 6.07) is 2.69. The molecule has 0 fully saturated rings. The van der Waals surface area contributed by atoms with Crippen LogP contribution in [0, 0.1) is 0 Å². The minimum atomic E-state index is 0.539. The predicted molar refractivity (Wildman–Crippen MR) is 81.1 cm³/mol. The molecular formula is C12H17Br2NS. The summed E-state index contributed by atoms with van der Waals surface area (Å²) < 4.78 is 2.29. The van der Waals surface area contributed by atoms with Crippen LogP contribution in [0.3, 0.4) is 0 Å². The zero-order valence-electron chi connectivity index (χ0n) is 9.81. The Kier molecular flexibility index (Phi) is 6.26. The van der Waals surface area contributed by atoms with Crippen molar-refractivity contribution in [2.45, 2.75) is 33.2 Å². The smallest absolute Gasteiger partial charge is 0.0846 e. The Hall–Kier alpha value is 0.360. The first kappa shape index (κ1) is 14.4. The normalized spacial score (nSPS) is 12.5. The molecule has 0 spiro atoms.